The molecule has 0 saturated carbocycles. The molecular weight excluding hydrogens is 422 g/mol. The molecule has 6 nitrogen and oxygen atoms in total. The number of aromatic nitrogens is 2. The number of amides is 1. The van der Waals surface area contributed by atoms with Crippen molar-refractivity contribution < 1.29 is 13.9 Å². The van der Waals surface area contributed by atoms with Gasteiger partial charge < -0.3 is 23.6 Å². The molecule has 146 valence electrons. The Balaban J connectivity index is 1.40. The number of aryl methyl sites for hydroxylation is 1. The Hall–Kier alpha value is -2.51. The summed E-state index contributed by atoms with van der Waals surface area (Å²) in [6.45, 7) is 2.57. The first-order valence-corrected chi connectivity index (χ1v) is 10.1. The Morgan fingerprint density at radius 1 is 1.18 bits per heavy atom. The highest BCUT2D eigenvalue weighted by Crippen LogP contribution is 2.27. The smallest absolute Gasteiger partial charge is 0.268 e. The van der Waals surface area contributed by atoms with E-state index in [9.17, 15) is 4.79 Å². The maximum Gasteiger partial charge on any atom is 0.268 e. The number of rotatable bonds is 8. The number of carbonyl (C=O) groups excluding carboxylic acids is 1. The molecule has 0 aliphatic rings. The molecule has 4 rings (SSSR count). The summed E-state index contributed by atoms with van der Waals surface area (Å²) in [7, 11) is 1.65. The van der Waals surface area contributed by atoms with Crippen LogP contribution in [0.3, 0.4) is 0 Å². The van der Waals surface area contributed by atoms with Crippen molar-refractivity contribution in [1.82, 2.24) is 14.5 Å². The predicted molar refractivity (Wildman–Crippen MR) is 113 cm³/mol. The molecule has 7 heteroatoms. The van der Waals surface area contributed by atoms with Crippen molar-refractivity contribution in [2.75, 3.05) is 20.3 Å². The highest BCUT2D eigenvalue weighted by molar-refractivity contribution is 9.10. The first-order valence-electron chi connectivity index (χ1n) is 9.27. The molecule has 1 aromatic carbocycles. The number of nitrogens with one attached hydrogen (secondary N) is 1. The van der Waals surface area contributed by atoms with Gasteiger partial charge in [0.15, 0.2) is 10.3 Å². The number of benzene rings is 1. The molecule has 28 heavy (non-hydrogen) atoms. The summed E-state index contributed by atoms with van der Waals surface area (Å²) in [5.41, 5.74) is 3.37. The lowest BCUT2D eigenvalue weighted by Crippen LogP contribution is -2.28. The Morgan fingerprint density at radius 2 is 2.04 bits per heavy atom. The van der Waals surface area contributed by atoms with Crippen molar-refractivity contribution in [2.45, 2.75) is 19.5 Å². The van der Waals surface area contributed by atoms with Crippen molar-refractivity contribution in [2.24, 2.45) is 0 Å². The van der Waals surface area contributed by atoms with Crippen molar-refractivity contribution in [3.63, 3.8) is 0 Å². The van der Waals surface area contributed by atoms with Crippen molar-refractivity contribution >= 4 is 43.8 Å². The minimum absolute atomic E-state index is 0.101. The van der Waals surface area contributed by atoms with Crippen molar-refractivity contribution in [3.8, 4) is 0 Å². The fourth-order valence-corrected chi connectivity index (χ4v) is 3.89. The van der Waals surface area contributed by atoms with Crippen LogP contribution in [0, 0.1) is 0 Å². The van der Waals surface area contributed by atoms with Gasteiger partial charge in [-0.15, -0.1) is 0 Å². The van der Waals surface area contributed by atoms with Gasteiger partial charge in [-0.05, 0) is 39.9 Å². The third-order valence-corrected chi connectivity index (χ3v) is 5.24. The van der Waals surface area contributed by atoms with E-state index in [1.54, 1.807) is 13.2 Å². The average molecular weight is 444 g/mol. The van der Waals surface area contributed by atoms with Gasteiger partial charge in [-0.3, -0.25) is 4.79 Å². The SMILES string of the molecule is COCCn1c(C(=O)NCCCn2ccc3ccccc32)cc2oc(Br)cc21. The molecule has 3 heterocycles. The second-order valence-corrected chi connectivity index (χ2v) is 7.43. The van der Waals surface area contributed by atoms with Gasteiger partial charge in [0.2, 0.25) is 0 Å². The zero-order valence-electron chi connectivity index (χ0n) is 15.7. The number of furan rings is 1. The van der Waals surface area contributed by atoms with Crippen LogP contribution in [0.1, 0.15) is 16.9 Å². The topological polar surface area (TPSA) is 61.3 Å². The molecule has 0 spiro atoms. The molecule has 0 atom stereocenters. The van der Waals surface area contributed by atoms with E-state index in [4.69, 9.17) is 9.15 Å². The maximum absolute atomic E-state index is 12.7. The lowest BCUT2D eigenvalue weighted by atomic mass is 10.2. The lowest BCUT2D eigenvalue weighted by molar-refractivity contribution is 0.0941. The van der Waals surface area contributed by atoms with Crippen LogP contribution in [-0.4, -0.2) is 35.3 Å². The summed E-state index contributed by atoms with van der Waals surface area (Å²) < 4.78 is 15.6. The van der Waals surface area contributed by atoms with E-state index in [-0.39, 0.29) is 5.91 Å². The standard InChI is InChI=1S/C21H22BrN3O3/c1-27-12-11-25-17-14-20(22)28-19(17)13-18(25)21(26)23-8-4-9-24-10-7-15-5-2-3-6-16(15)24/h2-3,5-7,10,13-14H,4,8-9,11-12H2,1H3,(H,23,26). The maximum atomic E-state index is 12.7. The summed E-state index contributed by atoms with van der Waals surface area (Å²) in [5, 5.41) is 4.26. The van der Waals surface area contributed by atoms with Gasteiger partial charge in [-0.2, -0.15) is 0 Å². The minimum atomic E-state index is -0.101. The van der Waals surface area contributed by atoms with E-state index >= 15 is 0 Å². The monoisotopic (exact) mass is 443 g/mol. The molecule has 1 amide bonds. The van der Waals surface area contributed by atoms with Crippen LogP contribution in [0.2, 0.25) is 0 Å². The molecule has 1 N–H and O–H groups in total. The largest absolute Gasteiger partial charge is 0.448 e. The lowest BCUT2D eigenvalue weighted by Gasteiger charge is -2.10. The zero-order chi connectivity index (χ0) is 19.5. The average Bonchev–Trinajstić information content (AvgIpc) is 3.36. The number of fused-ring (bicyclic) bond motifs is 2. The first-order chi connectivity index (χ1) is 13.7. The fourth-order valence-electron chi connectivity index (χ4n) is 3.50. The number of hydrogen-bond donors (Lipinski definition) is 1. The first kappa shape index (κ1) is 18.8. The highest BCUT2D eigenvalue weighted by Gasteiger charge is 2.18. The van der Waals surface area contributed by atoms with Gasteiger partial charge >= 0.3 is 0 Å². The Morgan fingerprint density at radius 3 is 2.89 bits per heavy atom. The van der Waals surface area contributed by atoms with E-state index in [1.165, 1.54) is 10.9 Å². The van der Waals surface area contributed by atoms with Crippen molar-refractivity contribution in [3.05, 3.63) is 59.0 Å². The Bertz CT molecular complexity index is 1110. The second-order valence-electron chi connectivity index (χ2n) is 6.65. The van der Waals surface area contributed by atoms with Crippen LogP contribution in [0.4, 0.5) is 0 Å². The number of halogens is 1. The van der Waals surface area contributed by atoms with E-state index in [2.05, 4.69) is 50.2 Å². The van der Waals surface area contributed by atoms with Crippen LogP contribution in [-0.2, 0) is 17.8 Å². The fraction of sp³-hybridized carbons (Fsp3) is 0.286. The van der Waals surface area contributed by atoms with Crippen molar-refractivity contribution in [1.29, 1.82) is 0 Å². The third kappa shape index (κ3) is 3.72. The molecule has 0 aliphatic heterocycles. The number of para-hydroxylation sites is 1. The number of ether oxygens (including phenoxy) is 1. The van der Waals surface area contributed by atoms with Gasteiger partial charge in [-0.1, -0.05) is 18.2 Å². The summed E-state index contributed by atoms with van der Waals surface area (Å²) in [5.74, 6) is -0.101. The minimum Gasteiger partial charge on any atom is -0.448 e. The normalized spacial score (nSPS) is 11.5. The predicted octanol–water partition coefficient (Wildman–Crippen LogP) is 4.42. The van der Waals surface area contributed by atoms with E-state index in [0.717, 1.165) is 18.5 Å². The van der Waals surface area contributed by atoms with E-state index in [1.807, 2.05) is 22.8 Å². The van der Waals surface area contributed by atoms with E-state index < -0.39 is 0 Å². The van der Waals surface area contributed by atoms with Gasteiger partial charge in [0.25, 0.3) is 5.91 Å². The Labute approximate surface area is 171 Å². The molecule has 0 saturated heterocycles. The number of methoxy groups -OCH3 is 1. The summed E-state index contributed by atoms with van der Waals surface area (Å²) in [6.07, 6.45) is 2.94. The van der Waals surface area contributed by atoms with Crippen LogP contribution in [0.15, 0.2) is 57.7 Å². The molecule has 4 aromatic rings. The molecule has 0 radical (unpaired) electrons. The summed E-state index contributed by atoms with van der Waals surface area (Å²) >= 11 is 3.34. The van der Waals surface area contributed by atoms with Crippen LogP contribution in [0.5, 0.6) is 0 Å². The zero-order valence-corrected chi connectivity index (χ0v) is 17.2. The molecule has 0 unspecified atom stereocenters. The molecule has 0 fully saturated rings. The Kier molecular flexibility index (Phi) is 5.54. The summed E-state index contributed by atoms with van der Waals surface area (Å²) in [4.78, 5) is 12.7. The molecule has 3 aromatic heterocycles. The van der Waals surface area contributed by atoms with Gasteiger partial charge in [0.05, 0.1) is 12.1 Å². The molecular formula is C21H22BrN3O3. The summed E-state index contributed by atoms with van der Waals surface area (Å²) in [6, 6.07) is 14.1. The quantitative estimate of drug-likeness (QED) is 0.410. The highest BCUT2D eigenvalue weighted by atomic mass is 79.9. The second kappa shape index (κ2) is 8.24. The van der Waals surface area contributed by atoms with Crippen LogP contribution in [0.25, 0.3) is 22.0 Å². The van der Waals surface area contributed by atoms with Gasteiger partial charge in [0, 0.05) is 50.6 Å². The third-order valence-electron chi connectivity index (χ3n) is 4.85. The molecule has 0 bridgehead atoms. The van der Waals surface area contributed by atoms with Crippen LogP contribution < -0.4 is 5.32 Å². The van der Waals surface area contributed by atoms with E-state index in [0.29, 0.717) is 35.6 Å². The van der Waals surface area contributed by atoms with Crippen LogP contribution >= 0.6 is 15.9 Å². The number of carbonyl (C=O) groups is 1. The number of nitrogens with zero attached hydrogens (tertiary/aromatic N) is 2. The number of hydrogen-bond acceptors (Lipinski definition) is 3. The van der Waals surface area contributed by atoms with Gasteiger partial charge in [0.1, 0.15) is 5.69 Å². The molecule has 0 aliphatic carbocycles. The van der Waals surface area contributed by atoms with Gasteiger partial charge in [-0.25, -0.2) is 0 Å².